The van der Waals surface area contributed by atoms with Crippen molar-refractivity contribution in [3.63, 3.8) is 0 Å². The fourth-order valence-electron chi connectivity index (χ4n) is 2.60. The summed E-state index contributed by atoms with van der Waals surface area (Å²) < 4.78 is 42.2. The molecule has 0 aliphatic carbocycles. The van der Waals surface area contributed by atoms with E-state index in [4.69, 9.17) is 4.74 Å². The van der Waals surface area contributed by atoms with Gasteiger partial charge < -0.3 is 20.5 Å². The lowest BCUT2D eigenvalue weighted by Gasteiger charge is -2.25. The SMILES string of the molecule is CCNC(=NCc1ccccc1OCC(F)(F)F)NCC(C)(O)c1ccccc1.I. The summed E-state index contributed by atoms with van der Waals surface area (Å²) in [5, 5.41) is 16.8. The van der Waals surface area contributed by atoms with Gasteiger partial charge in [0.15, 0.2) is 12.6 Å². The van der Waals surface area contributed by atoms with E-state index >= 15 is 0 Å². The predicted octanol–water partition coefficient (Wildman–Crippen LogP) is 4.21. The first-order valence-corrected chi connectivity index (χ1v) is 9.29. The van der Waals surface area contributed by atoms with Crippen LogP contribution in [0.25, 0.3) is 0 Å². The van der Waals surface area contributed by atoms with Gasteiger partial charge in [0.1, 0.15) is 11.4 Å². The van der Waals surface area contributed by atoms with Crippen molar-refractivity contribution >= 4 is 29.9 Å². The average Bonchev–Trinajstić information content (AvgIpc) is 2.69. The summed E-state index contributed by atoms with van der Waals surface area (Å²) in [6, 6.07) is 15.7. The van der Waals surface area contributed by atoms with Gasteiger partial charge in [-0.3, -0.25) is 0 Å². The molecular formula is C21H27F3IN3O2. The van der Waals surface area contributed by atoms with Gasteiger partial charge in [-0.05, 0) is 25.5 Å². The molecule has 1 unspecified atom stereocenters. The molecule has 0 bridgehead atoms. The van der Waals surface area contributed by atoms with E-state index in [1.807, 2.05) is 37.3 Å². The van der Waals surface area contributed by atoms with Crippen LogP contribution < -0.4 is 15.4 Å². The molecule has 2 aromatic carbocycles. The number of ether oxygens (including phenoxy) is 1. The molecule has 0 aliphatic rings. The van der Waals surface area contributed by atoms with Crippen LogP contribution in [0.2, 0.25) is 0 Å². The van der Waals surface area contributed by atoms with Crippen LogP contribution in [0.15, 0.2) is 59.6 Å². The minimum Gasteiger partial charge on any atom is -0.484 e. The van der Waals surface area contributed by atoms with Crippen LogP contribution in [0.3, 0.4) is 0 Å². The highest BCUT2D eigenvalue weighted by molar-refractivity contribution is 14.0. The zero-order chi connectivity index (χ0) is 21.3. The molecule has 0 saturated heterocycles. The second-order valence-corrected chi connectivity index (χ2v) is 6.70. The lowest BCUT2D eigenvalue weighted by molar-refractivity contribution is -0.153. The van der Waals surface area contributed by atoms with E-state index < -0.39 is 18.4 Å². The van der Waals surface area contributed by atoms with Crippen LogP contribution in [0, 0.1) is 0 Å². The zero-order valence-corrected chi connectivity index (χ0v) is 19.2. The number of rotatable bonds is 8. The summed E-state index contributed by atoms with van der Waals surface area (Å²) in [4.78, 5) is 4.41. The maximum absolute atomic E-state index is 12.4. The van der Waals surface area contributed by atoms with E-state index in [1.54, 1.807) is 25.1 Å². The largest absolute Gasteiger partial charge is 0.484 e. The highest BCUT2D eigenvalue weighted by atomic mass is 127. The molecule has 166 valence electrons. The Morgan fingerprint density at radius 2 is 1.67 bits per heavy atom. The zero-order valence-electron chi connectivity index (χ0n) is 16.9. The number of halogens is 4. The Kier molecular flexibility index (Phi) is 10.4. The van der Waals surface area contributed by atoms with Gasteiger partial charge in [0.25, 0.3) is 0 Å². The minimum atomic E-state index is -4.41. The van der Waals surface area contributed by atoms with Crippen LogP contribution in [-0.2, 0) is 12.1 Å². The van der Waals surface area contributed by atoms with Crippen LogP contribution >= 0.6 is 24.0 Å². The van der Waals surface area contributed by atoms with E-state index in [2.05, 4.69) is 15.6 Å². The molecule has 0 amide bonds. The Labute approximate surface area is 191 Å². The Hall–Kier alpha value is -2.01. The van der Waals surface area contributed by atoms with Crippen molar-refractivity contribution < 1.29 is 23.0 Å². The number of benzene rings is 2. The minimum absolute atomic E-state index is 0. The van der Waals surface area contributed by atoms with Crippen molar-refractivity contribution in [2.45, 2.75) is 32.2 Å². The highest BCUT2D eigenvalue weighted by Crippen LogP contribution is 2.23. The van der Waals surface area contributed by atoms with Gasteiger partial charge >= 0.3 is 6.18 Å². The monoisotopic (exact) mass is 537 g/mol. The molecule has 0 spiro atoms. The second-order valence-electron chi connectivity index (χ2n) is 6.70. The molecule has 0 aliphatic heterocycles. The lowest BCUT2D eigenvalue weighted by atomic mass is 9.96. The third-order valence-electron chi connectivity index (χ3n) is 4.11. The quantitative estimate of drug-likeness (QED) is 0.268. The molecule has 0 saturated carbocycles. The van der Waals surface area contributed by atoms with Crippen molar-refractivity contribution in [3.8, 4) is 5.75 Å². The van der Waals surface area contributed by atoms with E-state index in [1.165, 1.54) is 6.07 Å². The van der Waals surface area contributed by atoms with Crippen molar-refractivity contribution in [1.29, 1.82) is 0 Å². The number of hydrogen-bond acceptors (Lipinski definition) is 3. The molecule has 9 heteroatoms. The molecule has 1 atom stereocenters. The summed E-state index contributed by atoms with van der Waals surface area (Å²) in [5.74, 6) is 0.579. The van der Waals surface area contributed by atoms with Gasteiger partial charge in [0.05, 0.1) is 13.1 Å². The van der Waals surface area contributed by atoms with E-state index in [0.717, 1.165) is 5.56 Å². The lowest BCUT2D eigenvalue weighted by Crippen LogP contribution is -2.44. The Bertz CT molecular complexity index is 800. The molecule has 5 nitrogen and oxygen atoms in total. The second kappa shape index (κ2) is 12.0. The number of hydrogen-bond donors (Lipinski definition) is 3. The Morgan fingerprint density at radius 3 is 2.30 bits per heavy atom. The van der Waals surface area contributed by atoms with Crippen molar-refractivity contribution in [3.05, 3.63) is 65.7 Å². The van der Waals surface area contributed by atoms with Crippen molar-refractivity contribution in [1.82, 2.24) is 10.6 Å². The third kappa shape index (κ3) is 8.78. The Morgan fingerprint density at radius 1 is 1.03 bits per heavy atom. The number of alkyl halides is 3. The van der Waals surface area contributed by atoms with E-state index in [0.29, 0.717) is 18.1 Å². The van der Waals surface area contributed by atoms with Crippen LogP contribution in [0.1, 0.15) is 25.0 Å². The topological polar surface area (TPSA) is 65.9 Å². The molecule has 30 heavy (non-hydrogen) atoms. The van der Waals surface area contributed by atoms with Crippen molar-refractivity contribution in [2.75, 3.05) is 19.7 Å². The molecule has 2 aromatic rings. The molecule has 0 heterocycles. The predicted molar refractivity (Wildman–Crippen MR) is 122 cm³/mol. The third-order valence-corrected chi connectivity index (χ3v) is 4.11. The van der Waals surface area contributed by atoms with Gasteiger partial charge in [0.2, 0.25) is 0 Å². The first-order valence-electron chi connectivity index (χ1n) is 9.29. The number of nitrogens with one attached hydrogen (secondary N) is 2. The molecule has 0 aromatic heterocycles. The van der Waals surface area contributed by atoms with E-state index in [9.17, 15) is 18.3 Å². The summed E-state index contributed by atoms with van der Waals surface area (Å²) in [5.41, 5.74) is 0.170. The standard InChI is InChI=1S/C21H26F3N3O2.HI/c1-3-25-19(27-14-20(2,28)17-10-5-4-6-11-17)26-13-16-9-7-8-12-18(16)29-15-21(22,23)24;/h4-12,28H,3,13-15H2,1-2H3,(H2,25,26,27);1H. The molecular weight excluding hydrogens is 510 g/mol. The maximum Gasteiger partial charge on any atom is 0.422 e. The van der Waals surface area contributed by atoms with Crippen LogP contribution in [0.5, 0.6) is 5.75 Å². The summed E-state index contributed by atoms with van der Waals surface area (Å²) >= 11 is 0. The first kappa shape index (κ1) is 26.0. The molecule has 3 N–H and O–H groups in total. The van der Waals surface area contributed by atoms with Gasteiger partial charge in [-0.1, -0.05) is 48.5 Å². The van der Waals surface area contributed by atoms with Crippen molar-refractivity contribution in [2.24, 2.45) is 4.99 Å². The van der Waals surface area contributed by atoms with Crippen LogP contribution in [0.4, 0.5) is 13.2 Å². The number of nitrogens with zero attached hydrogens (tertiary/aromatic N) is 1. The van der Waals surface area contributed by atoms with Gasteiger partial charge in [-0.15, -0.1) is 24.0 Å². The smallest absolute Gasteiger partial charge is 0.422 e. The van der Waals surface area contributed by atoms with Gasteiger partial charge in [-0.2, -0.15) is 13.2 Å². The number of aliphatic hydroxyl groups is 1. The normalized spacial score (nSPS) is 13.7. The molecule has 2 rings (SSSR count). The summed E-state index contributed by atoms with van der Waals surface area (Å²) in [6.45, 7) is 3.15. The fraction of sp³-hybridized carbons (Fsp3) is 0.381. The summed E-state index contributed by atoms with van der Waals surface area (Å²) in [7, 11) is 0. The van der Waals surface area contributed by atoms with E-state index in [-0.39, 0.29) is 42.8 Å². The average molecular weight is 537 g/mol. The highest BCUT2D eigenvalue weighted by Gasteiger charge is 2.28. The number of aliphatic imine (C=N–C) groups is 1. The molecule has 0 radical (unpaired) electrons. The number of guanidine groups is 1. The fourth-order valence-corrected chi connectivity index (χ4v) is 2.60. The molecule has 0 fully saturated rings. The Balaban J connectivity index is 0.00000450. The maximum atomic E-state index is 12.4. The van der Waals surface area contributed by atoms with Crippen LogP contribution in [-0.4, -0.2) is 36.9 Å². The summed E-state index contributed by atoms with van der Waals surface area (Å²) in [6.07, 6.45) is -4.41. The first-order chi connectivity index (χ1) is 13.7. The van der Waals surface area contributed by atoms with Gasteiger partial charge in [0, 0.05) is 12.1 Å². The number of para-hydroxylation sites is 1. The van der Waals surface area contributed by atoms with Gasteiger partial charge in [-0.25, -0.2) is 4.99 Å².